The second-order valence-corrected chi connectivity index (χ2v) is 9.61. The number of hydrogen-bond donors (Lipinski definition) is 1. The zero-order valence-electron chi connectivity index (χ0n) is 14.2. The zero-order valence-corrected chi connectivity index (χ0v) is 15.8. The summed E-state index contributed by atoms with van der Waals surface area (Å²) in [7, 11) is -5.68. The minimum absolute atomic E-state index is 0.0428. The summed E-state index contributed by atoms with van der Waals surface area (Å²) in [5.74, 6) is -0.0428. The van der Waals surface area contributed by atoms with Gasteiger partial charge in [0.1, 0.15) is 0 Å². The molecule has 0 unspecified atom stereocenters. The second-order valence-electron chi connectivity index (χ2n) is 5.76. The van der Waals surface area contributed by atoms with Crippen LogP contribution in [0.5, 0.6) is 0 Å². The zero-order chi connectivity index (χ0) is 18.5. The van der Waals surface area contributed by atoms with Gasteiger partial charge in [0.2, 0.25) is 20.0 Å². The molecule has 0 spiro atoms. The number of nitrogens with zero attached hydrogens (tertiary/aromatic N) is 1. The molecule has 0 bridgehead atoms. The quantitative estimate of drug-likeness (QED) is 0.760. The highest BCUT2D eigenvalue weighted by Crippen LogP contribution is 2.27. The van der Waals surface area contributed by atoms with Gasteiger partial charge >= 0.3 is 0 Å². The van der Waals surface area contributed by atoms with Crippen molar-refractivity contribution in [3.8, 4) is 0 Å². The lowest BCUT2D eigenvalue weighted by Gasteiger charge is -2.20. The van der Waals surface area contributed by atoms with Crippen LogP contribution in [0.4, 0.5) is 11.4 Å². The van der Waals surface area contributed by atoms with Crippen LogP contribution in [-0.2, 0) is 26.5 Å². The first kappa shape index (κ1) is 19.3. The van der Waals surface area contributed by atoms with Crippen molar-refractivity contribution in [2.75, 3.05) is 28.1 Å². The molecule has 1 N–H and O–H groups in total. The van der Waals surface area contributed by atoms with E-state index in [0.717, 1.165) is 16.1 Å². The summed E-state index contributed by atoms with van der Waals surface area (Å²) >= 11 is 0. The third-order valence-electron chi connectivity index (χ3n) is 3.73. The van der Waals surface area contributed by atoms with Crippen molar-refractivity contribution >= 4 is 31.4 Å². The molecule has 0 heterocycles. The Balaban J connectivity index is 2.08. The van der Waals surface area contributed by atoms with Crippen LogP contribution in [0.1, 0.15) is 12.0 Å². The highest BCUT2D eigenvalue weighted by Gasteiger charge is 2.18. The third kappa shape index (κ3) is 5.75. The first-order valence-electron chi connectivity index (χ1n) is 7.76. The number of para-hydroxylation sites is 2. The van der Waals surface area contributed by atoms with Gasteiger partial charge in [0.05, 0.1) is 23.4 Å². The van der Waals surface area contributed by atoms with E-state index in [-0.39, 0.29) is 17.1 Å². The molecule has 2 aromatic rings. The maximum absolute atomic E-state index is 12.3. The molecule has 6 nitrogen and oxygen atoms in total. The maximum atomic E-state index is 12.3. The van der Waals surface area contributed by atoms with E-state index >= 15 is 0 Å². The van der Waals surface area contributed by atoms with Crippen LogP contribution in [-0.4, -0.2) is 35.9 Å². The lowest BCUT2D eigenvalue weighted by molar-refractivity contribution is 0.596. The molecule has 0 aliphatic rings. The first-order chi connectivity index (χ1) is 11.7. The van der Waals surface area contributed by atoms with Crippen LogP contribution in [0.3, 0.4) is 0 Å². The van der Waals surface area contributed by atoms with E-state index in [0.29, 0.717) is 12.8 Å². The summed E-state index contributed by atoms with van der Waals surface area (Å²) in [6.45, 7) is 0. The third-order valence-corrected chi connectivity index (χ3v) is 6.28. The van der Waals surface area contributed by atoms with Crippen LogP contribution >= 0.6 is 0 Å². The Morgan fingerprint density at radius 1 is 0.920 bits per heavy atom. The predicted octanol–water partition coefficient (Wildman–Crippen LogP) is 2.46. The largest absolute Gasteiger partial charge is 0.281 e. The Morgan fingerprint density at radius 2 is 1.52 bits per heavy atom. The minimum atomic E-state index is -3.58. The average Bonchev–Trinajstić information content (AvgIpc) is 2.54. The lowest BCUT2D eigenvalue weighted by Crippen LogP contribution is -2.27. The van der Waals surface area contributed by atoms with Crippen LogP contribution < -0.4 is 9.03 Å². The van der Waals surface area contributed by atoms with Gasteiger partial charge in [0, 0.05) is 7.05 Å². The molecule has 136 valence electrons. The van der Waals surface area contributed by atoms with Crippen LogP contribution in [0, 0.1) is 0 Å². The Labute approximate surface area is 149 Å². The number of anilines is 2. The van der Waals surface area contributed by atoms with E-state index in [4.69, 9.17) is 0 Å². The van der Waals surface area contributed by atoms with Gasteiger partial charge in [-0.15, -0.1) is 0 Å². The monoisotopic (exact) mass is 382 g/mol. The van der Waals surface area contributed by atoms with Gasteiger partial charge in [-0.3, -0.25) is 9.03 Å². The summed E-state index contributed by atoms with van der Waals surface area (Å²) in [5, 5.41) is 0. The number of rotatable bonds is 8. The molecule has 2 aromatic carbocycles. The highest BCUT2D eigenvalue weighted by atomic mass is 32.2. The van der Waals surface area contributed by atoms with Crippen LogP contribution in [0.2, 0.25) is 0 Å². The van der Waals surface area contributed by atoms with Crippen molar-refractivity contribution < 1.29 is 16.8 Å². The van der Waals surface area contributed by atoms with Crippen molar-refractivity contribution in [2.45, 2.75) is 12.8 Å². The molecule has 0 radical (unpaired) electrons. The Morgan fingerprint density at radius 3 is 2.16 bits per heavy atom. The molecule has 0 saturated heterocycles. The van der Waals surface area contributed by atoms with E-state index in [1.54, 1.807) is 24.3 Å². The summed E-state index contributed by atoms with van der Waals surface area (Å²) < 4.78 is 51.7. The van der Waals surface area contributed by atoms with Gasteiger partial charge in [0.15, 0.2) is 0 Å². The summed E-state index contributed by atoms with van der Waals surface area (Å²) in [6.07, 6.45) is 2.20. The summed E-state index contributed by atoms with van der Waals surface area (Å²) in [4.78, 5) is 0. The number of benzene rings is 2. The Hall–Kier alpha value is -2.06. The molecular weight excluding hydrogens is 360 g/mol. The average molecular weight is 383 g/mol. The topological polar surface area (TPSA) is 83.6 Å². The molecule has 25 heavy (non-hydrogen) atoms. The van der Waals surface area contributed by atoms with E-state index in [1.165, 1.54) is 7.05 Å². The summed E-state index contributed by atoms with van der Waals surface area (Å²) in [5.41, 5.74) is 1.61. The molecule has 0 aromatic heterocycles. The molecule has 0 aliphatic carbocycles. The van der Waals surface area contributed by atoms with E-state index in [1.807, 2.05) is 30.3 Å². The Bertz CT molecular complexity index is 911. The Kier molecular flexibility index (Phi) is 6.07. The normalized spacial score (nSPS) is 11.9. The van der Waals surface area contributed by atoms with Gasteiger partial charge in [-0.25, -0.2) is 16.8 Å². The molecular formula is C17H22N2O4S2. The first-order valence-corrected chi connectivity index (χ1v) is 11.3. The van der Waals surface area contributed by atoms with Crippen molar-refractivity contribution in [1.82, 2.24) is 0 Å². The van der Waals surface area contributed by atoms with E-state index < -0.39 is 20.0 Å². The van der Waals surface area contributed by atoms with Crippen LogP contribution in [0.15, 0.2) is 54.6 Å². The molecule has 0 fully saturated rings. The molecule has 8 heteroatoms. The molecule has 2 rings (SSSR count). The molecule has 0 atom stereocenters. The molecule has 0 saturated carbocycles. The summed E-state index contributed by atoms with van der Waals surface area (Å²) in [6, 6.07) is 16.1. The van der Waals surface area contributed by atoms with Gasteiger partial charge in [-0.2, -0.15) is 0 Å². The van der Waals surface area contributed by atoms with Gasteiger partial charge < -0.3 is 0 Å². The fourth-order valence-corrected chi connectivity index (χ4v) is 3.99. The van der Waals surface area contributed by atoms with Crippen LogP contribution in [0.25, 0.3) is 0 Å². The fourth-order valence-electron chi connectivity index (χ4n) is 2.34. The van der Waals surface area contributed by atoms with Crippen molar-refractivity contribution in [1.29, 1.82) is 0 Å². The highest BCUT2D eigenvalue weighted by molar-refractivity contribution is 7.93. The van der Waals surface area contributed by atoms with E-state index in [2.05, 4.69) is 4.72 Å². The van der Waals surface area contributed by atoms with Crippen molar-refractivity contribution in [3.05, 3.63) is 60.2 Å². The van der Waals surface area contributed by atoms with Crippen molar-refractivity contribution in [2.24, 2.45) is 0 Å². The second kappa shape index (κ2) is 7.88. The maximum Gasteiger partial charge on any atom is 0.232 e. The minimum Gasteiger partial charge on any atom is -0.281 e. The number of hydrogen-bond acceptors (Lipinski definition) is 4. The fraction of sp³-hybridized carbons (Fsp3) is 0.294. The van der Waals surface area contributed by atoms with Gasteiger partial charge in [-0.1, -0.05) is 42.5 Å². The standard InChI is InChI=1S/C17H22N2O4S2/c1-19(24(2,20)21)17-13-7-6-12-16(17)18-25(22,23)14-8-11-15-9-4-3-5-10-15/h3-7,9-10,12-13,18H,8,11,14H2,1-2H3. The number of nitrogens with one attached hydrogen (secondary N) is 1. The smallest absolute Gasteiger partial charge is 0.232 e. The molecule has 0 amide bonds. The molecule has 0 aliphatic heterocycles. The van der Waals surface area contributed by atoms with E-state index in [9.17, 15) is 16.8 Å². The lowest BCUT2D eigenvalue weighted by atomic mass is 10.1. The number of aryl methyl sites for hydroxylation is 1. The van der Waals surface area contributed by atoms with Crippen molar-refractivity contribution in [3.63, 3.8) is 0 Å². The van der Waals surface area contributed by atoms with Gasteiger partial charge in [-0.05, 0) is 30.5 Å². The predicted molar refractivity (Wildman–Crippen MR) is 102 cm³/mol. The van der Waals surface area contributed by atoms with Gasteiger partial charge in [0.25, 0.3) is 0 Å². The number of sulfonamides is 2. The SMILES string of the molecule is CN(c1ccccc1NS(=O)(=O)CCCc1ccccc1)S(C)(=O)=O.